The number of benzene rings is 1. The molecule has 1 atom stereocenters. The summed E-state index contributed by atoms with van der Waals surface area (Å²) in [7, 11) is -6.09. The third kappa shape index (κ3) is 6.30. The number of pyridine rings is 1. The van der Waals surface area contributed by atoms with E-state index in [-0.39, 0.29) is 0 Å². The average Bonchev–Trinajstić information content (AvgIpc) is 3.35. The first-order valence-electron chi connectivity index (χ1n) is 7.98. The molecule has 0 bridgehead atoms. The second-order valence-electron chi connectivity index (χ2n) is 5.81. The Morgan fingerprint density at radius 1 is 1.08 bits per heavy atom. The number of rotatable bonds is 5. The van der Waals surface area contributed by atoms with E-state index in [1.54, 1.807) is 0 Å². The summed E-state index contributed by atoms with van der Waals surface area (Å²) in [5.41, 5.74) is -4.19. The van der Waals surface area contributed by atoms with Crippen molar-refractivity contribution in [1.29, 1.82) is 0 Å². The maximum atomic E-state index is 10.7. The van der Waals surface area contributed by atoms with Crippen molar-refractivity contribution in [3.05, 3.63) is 66.5 Å². The highest BCUT2D eigenvalue weighted by Gasteiger charge is 2.40. The van der Waals surface area contributed by atoms with Gasteiger partial charge in [0.15, 0.2) is 22.5 Å². The zero-order chi connectivity index (χ0) is 19.2. The van der Waals surface area contributed by atoms with Gasteiger partial charge in [0.25, 0.3) is 0 Å². The second-order valence-corrected chi connectivity index (χ2v) is 7.18. The average molecular weight is 388 g/mol. The Balaban J connectivity index is 0.000000260. The monoisotopic (exact) mass is 388 g/mol. The Morgan fingerprint density at radius 2 is 1.62 bits per heavy atom. The Kier molecular flexibility index (Phi) is 6.60. The van der Waals surface area contributed by atoms with E-state index in [1.165, 1.54) is 31.4 Å². The lowest BCUT2D eigenvalue weighted by Gasteiger charge is -2.08. The Morgan fingerprint density at radius 3 is 2.15 bits per heavy atom. The second kappa shape index (κ2) is 8.50. The molecule has 2 heterocycles. The molecule has 0 amide bonds. The van der Waals surface area contributed by atoms with E-state index in [9.17, 15) is 13.2 Å². The topological polar surface area (TPSA) is 64.1 Å². The smallest absolute Gasteiger partial charge is 0.485 e. The minimum atomic E-state index is -6.09. The highest BCUT2D eigenvalue weighted by Crippen LogP contribution is 2.20. The van der Waals surface area contributed by atoms with Gasteiger partial charge >= 0.3 is 5.51 Å². The van der Waals surface area contributed by atoms with Gasteiger partial charge in [-0.3, -0.25) is 0 Å². The first-order chi connectivity index (χ1) is 12.2. The minimum Gasteiger partial charge on any atom is -0.741 e. The van der Waals surface area contributed by atoms with E-state index >= 15 is 0 Å². The van der Waals surface area contributed by atoms with Crippen LogP contribution >= 0.6 is 0 Å². The van der Waals surface area contributed by atoms with Crippen LogP contribution in [0.2, 0.25) is 0 Å². The van der Waals surface area contributed by atoms with E-state index in [4.69, 9.17) is 13.0 Å². The van der Waals surface area contributed by atoms with E-state index in [0.717, 1.165) is 6.04 Å². The lowest BCUT2D eigenvalue weighted by Crippen LogP contribution is -2.45. The number of hydrogen-bond donors (Lipinski definition) is 0. The first kappa shape index (κ1) is 20.2. The van der Waals surface area contributed by atoms with Crippen LogP contribution in [0.4, 0.5) is 13.2 Å². The lowest BCUT2D eigenvalue weighted by atomic mass is 10.1. The van der Waals surface area contributed by atoms with Gasteiger partial charge in [-0.1, -0.05) is 41.1 Å². The van der Waals surface area contributed by atoms with Gasteiger partial charge in [0, 0.05) is 12.1 Å². The molecule has 0 saturated carbocycles. The van der Waals surface area contributed by atoms with Crippen molar-refractivity contribution in [2.24, 2.45) is 0 Å². The van der Waals surface area contributed by atoms with Crippen molar-refractivity contribution in [3.63, 3.8) is 0 Å². The molecule has 1 saturated heterocycles. The Labute approximate surface area is 150 Å². The molecule has 1 unspecified atom stereocenters. The molecule has 26 heavy (non-hydrogen) atoms. The highest BCUT2D eigenvalue weighted by atomic mass is 32.2. The van der Waals surface area contributed by atoms with Crippen LogP contribution in [0, 0.1) is 0 Å². The van der Waals surface area contributed by atoms with Gasteiger partial charge in [-0.15, -0.1) is 0 Å². The summed E-state index contributed by atoms with van der Waals surface area (Å²) < 4.78 is 61.1. The van der Waals surface area contributed by atoms with Crippen LogP contribution in [0.15, 0.2) is 60.9 Å². The SMILES string of the molecule is O=S(=O)([O-])C(F)(F)F.c1ccc(CCCC2CN2[n+]2ccccc2)cc1. The third-order valence-corrected chi connectivity index (χ3v) is 4.38. The van der Waals surface area contributed by atoms with Gasteiger partial charge in [-0.05, 0) is 24.8 Å². The van der Waals surface area contributed by atoms with Crippen LogP contribution in [-0.4, -0.2) is 31.1 Å². The summed E-state index contributed by atoms with van der Waals surface area (Å²) >= 11 is 0. The molecule has 0 radical (unpaired) electrons. The largest absolute Gasteiger partial charge is 0.741 e. The molecule has 142 valence electrons. The molecule has 3 rings (SSSR count). The van der Waals surface area contributed by atoms with Crippen LogP contribution in [-0.2, 0) is 16.5 Å². The zero-order valence-corrected chi connectivity index (χ0v) is 14.7. The molecule has 1 aliphatic rings. The Bertz CT molecular complexity index is 784. The fourth-order valence-electron chi connectivity index (χ4n) is 2.44. The fourth-order valence-corrected chi connectivity index (χ4v) is 2.44. The predicted molar refractivity (Wildman–Crippen MR) is 88.6 cm³/mol. The summed E-state index contributed by atoms with van der Waals surface area (Å²) in [6.45, 7) is 1.20. The van der Waals surface area contributed by atoms with Gasteiger partial charge in [0.05, 0.1) is 6.54 Å². The van der Waals surface area contributed by atoms with Crippen LogP contribution in [0.25, 0.3) is 0 Å². The molecule has 1 fully saturated rings. The van der Waals surface area contributed by atoms with Crippen molar-refractivity contribution in [3.8, 4) is 0 Å². The van der Waals surface area contributed by atoms with E-state index in [2.05, 4.69) is 70.6 Å². The maximum absolute atomic E-state index is 10.7. The van der Waals surface area contributed by atoms with Gasteiger partial charge in [-0.25, -0.2) is 8.42 Å². The van der Waals surface area contributed by atoms with Crippen LogP contribution in [0.1, 0.15) is 18.4 Å². The molecule has 0 spiro atoms. The molecule has 5 nitrogen and oxygen atoms in total. The maximum Gasteiger partial charge on any atom is 0.485 e. The minimum absolute atomic E-state index is 0.737. The molecule has 1 aromatic heterocycles. The number of nitrogens with zero attached hydrogens (tertiary/aromatic N) is 2. The van der Waals surface area contributed by atoms with Crippen molar-refractivity contribution in [1.82, 2.24) is 0 Å². The number of hydrogen-bond acceptors (Lipinski definition) is 4. The quantitative estimate of drug-likeness (QED) is 0.341. The highest BCUT2D eigenvalue weighted by molar-refractivity contribution is 7.86. The summed E-state index contributed by atoms with van der Waals surface area (Å²) in [4.78, 5) is 0. The van der Waals surface area contributed by atoms with E-state index in [1.807, 2.05) is 0 Å². The molecule has 9 heteroatoms. The van der Waals surface area contributed by atoms with Crippen LogP contribution < -0.4 is 9.69 Å². The van der Waals surface area contributed by atoms with Gasteiger partial charge in [0.1, 0.15) is 6.04 Å². The molecule has 0 N–H and O–H groups in total. The molecule has 2 aromatic rings. The zero-order valence-electron chi connectivity index (χ0n) is 13.8. The number of alkyl halides is 3. The van der Waals surface area contributed by atoms with Crippen molar-refractivity contribution in [2.45, 2.75) is 30.8 Å². The third-order valence-electron chi connectivity index (χ3n) is 3.81. The van der Waals surface area contributed by atoms with E-state index < -0.39 is 15.6 Å². The van der Waals surface area contributed by atoms with Gasteiger partial charge in [-0.2, -0.15) is 18.2 Å². The number of aromatic nitrogens is 1. The van der Waals surface area contributed by atoms with Crippen LogP contribution in [0.5, 0.6) is 0 Å². The summed E-state index contributed by atoms with van der Waals surface area (Å²) in [5.74, 6) is 0. The normalized spacial score (nSPS) is 16.6. The number of aryl methyl sites for hydroxylation is 1. The fraction of sp³-hybridized carbons (Fsp3) is 0.353. The molecular weight excluding hydrogens is 369 g/mol. The van der Waals surface area contributed by atoms with Crippen molar-refractivity contribution in [2.75, 3.05) is 11.6 Å². The lowest BCUT2D eigenvalue weighted by molar-refractivity contribution is -0.677. The standard InChI is InChI=1S/C16H19N2.CHF3O3S/c1-3-8-15(9-4-1)10-7-11-16-14-18(16)17-12-5-2-6-13-17;2-1(3,4)8(5,6)7/h1-6,8-9,12-13,16H,7,10-11,14H2;(H,5,6,7)/q+1;/p-1. The summed E-state index contributed by atoms with van der Waals surface area (Å²) in [6.07, 6.45) is 8.01. The summed E-state index contributed by atoms with van der Waals surface area (Å²) in [6, 6.07) is 17.7. The summed E-state index contributed by atoms with van der Waals surface area (Å²) in [5, 5.41) is 2.41. The predicted octanol–water partition coefficient (Wildman–Crippen LogP) is 2.37. The molecule has 1 aromatic carbocycles. The molecule has 0 aliphatic carbocycles. The first-order valence-corrected chi connectivity index (χ1v) is 9.38. The van der Waals surface area contributed by atoms with Crippen molar-refractivity contribution < 1.29 is 30.8 Å². The van der Waals surface area contributed by atoms with Gasteiger partial charge < -0.3 is 4.55 Å². The van der Waals surface area contributed by atoms with Crippen molar-refractivity contribution >= 4 is 10.1 Å². The Hall–Kier alpha value is -2.13. The van der Waals surface area contributed by atoms with Crippen LogP contribution in [0.3, 0.4) is 0 Å². The number of halogens is 3. The molecule has 1 aliphatic heterocycles. The van der Waals surface area contributed by atoms with Gasteiger partial charge in [0.2, 0.25) is 0 Å². The molecular formula is C17H19F3N2O3S. The van der Waals surface area contributed by atoms with E-state index in [0.29, 0.717) is 0 Å².